The van der Waals surface area contributed by atoms with Crippen molar-refractivity contribution >= 4 is 39.3 Å². The Morgan fingerprint density at radius 1 is 1.46 bits per heavy atom. The van der Waals surface area contributed by atoms with Crippen molar-refractivity contribution in [3.63, 3.8) is 0 Å². The molecule has 0 N–H and O–H groups in total. The Balaban J connectivity index is 2.89. The number of halogens is 1. The van der Waals surface area contributed by atoms with E-state index in [-0.39, 0.29) is 0 Å². The van der Waals surface area contributed by atoms with Gasteiger partial charge in [0.15, 0.2) is 6.29 Å². The Labute approximate surface area is 84.9 Å². The lowest BCUT2D eigenvalue weighted by atomic mass is 10.1. The van der Waals surface area contributed by atoms with Gasteiger partial charge in [-0.25, -0.2) is 0 Å². The van der Waals surface area contributed by atoms with Crippen molar-refractivity contribution in [3.05, 3.63) is 33.7 Å². The first-order chi connectivity index (χ1) is 6.22. The van der Waals surface area contributed by atoms with Crippen LogP contribution in [-0.4, -0.2) is 6.29 Å². The third-order valence-corrected chi connectivity index (χ3v) is 3.39. The zero-order chi connectivity index (χ0) is 9.42. The Hall–Kier alpha value is -0.860. The van der Waals surface area contributed by atoms with Gasteiger partial charge in [0, 0.05) is 16.3 Å². The van der Waals surface area contributed by atoms with Crippen LogP contribution in [0.4, 0.5) is 0 Å². The number of aryl methyl sites for hydroxylation is 1. The second-order valence-electron chi connectivity index (χ2n) is 2.93. The van der Waals surface area contributed by atoms with Crippen LogP contribution in [0, 0.1) is 6.92 Å². The summed E-state index contributed by atoms with van der Waals surface area (Å²) in [6, 6.07) is 3.90. The molecule has 0 amide bonds. The van der Waals surface area contributed by atoms with Crippen molar-refractivity contribution in [2.24, 2.45) is 0 Å². The lowest BCUT2D eigenvalue weighted by Gasteiger charge is -1.96. The number of carbonyl (C=O) groups is 1. The monoisotopic (exact) mass is 210 g/mol. The average molecular weight is 211 g/mol. The first-order valence-corrected chi connectivity index (χ1v) is 5.10. The zero-order valence-corrected chi connectivity index (χ0v) is 8.58. The number of hydrogen-bond donors (Lipinski definition) is 0. The molecule has 1 heterocycles. The predicted molar refractivity (Wildman–Crippen MR) is 57.0 cm³/mol. The van der Waals surface area contributed by atoms with E-state index in [1.54, 1.807) is 0 Å². The van der Waals surface area contributed by atoms with Crippen molar-refractivity contribution in [1.82, 2.24) is 0 Å². The van der Waals surface area contributed by atoms with E-state index in [1.165, 1.54) is 11.3 Å². The number of fused-ring (bicyclic) bond motifs is 1. The third kappa shape index (κ3) is 1.36. The molecular weight excluding hydrogens is 204 g/mol. The van der Waals surface area contributed by atoms with Gasteiger partial charge >= 0.3 is 0 Å². The Bertz CT molecular complexity index is 473. The van der Waals surface area contributed by atoms with Crippen LogP contribution in [0.1, 0.15) is 15.9 Å². The number of hydrogen-bond acceptors (Lipinski definition) is 2. The summed E-state index contributed by atoms with van der Waals surface area (Å²) in [5.41, 5.74) is 1.81. The molecule has 1 nitrogen and oxygen atoms in total. The van der Waals surface area contributed by atoms with Crippen molar-refractivity contribution in [2.45, 2.75) is 6.92 Å². The summed E-state index contributed by atoms with van der Waals surface area (Å²) in [7, 11) is 0. The van der Waals surface area contributed by atoms with Crippen molar-refractivity contribution in [3.8, 4) is 0 Å². The van der Waals surface area contributed by atoms with Crippen LogP contribution in [-0.2, 0) is 0 Å². The minimum absolute atomic E-state index is 0.727. The minimum atomic E-state index is 0.727. The fourth-order valence-corrected chi connectivity index (χ4v) is 2.65. The standard InChI is InChI=1S/C10H7ClOS/c1-6-2-8-7(4-12)5-13-10(8)9(11)3-6/h2-5H,1H3. The van der Waals surface area contributed by atoms with E-state index in [4.69, 9.17) is 11.6 Å². The van der Waals surface area contributed by atoms with Gasteiger partial charge in [0.05, 0.1) is 9.72 Å². The van der Waals surface area contributed by atoms with E-state index >= 15 is 0 Å². The molecule has 0 spiro atoms. The fraction of sp³-hybridized carbons (Fsp3) is 0.100. The number of aldehydes is 1. The highest BCUT2D eigenvalue weighted by atomic mass is 35.5. The molecule has 0 radical (unpaired) electrons. The largest absolute Gasteiger partial charge is 0.298 e. The third-order valence-electron chi connectivity index (χ3n) is 1.93. The van der Waals surface area contributed by atoms with Crippen LogP contribution in [0.5, 0.6) is 0 Å². The molecule has 2 aromatic rings. The quantitative estimate of drug-likeness (QED) is 0.657. The maximum atomic E-state index is 10.7. The topological polar surface area (TPSA) is 17.1 Å². The van der Waals surface area contributed by atoms with Gasteiger partial charge < -0.3 is 0 Å². The van der Waals surface area contributed by atoms with Crippen molar-refractivity contribution < 1.29 is 4.79 Å². The normalized spacial score (nSPS) is 10.6. The molecular formula is C10H7ClOS. The van der Waals surface area contributed by atoms with Crippen LogP contribution in [0.3, 0.4) is 0 Å². The van der Waals surface area contributed by atoms with Gasteiger partial charge in [-0.3, -0.25) is 4.79 Å². The molecule has 2 rings (SSSR count). The SMILES string of the molecule is Cc1cc(Cl)c2scc(C=O)c2c1. The Kier molecular flexibility index (Phi) is 2.10. The minimum Gasteiger partial charge on any atom is -0.298 e. The molecule has 0 saturated carbocycles. The summed E-state index contributed by atoms with van der Waals surface area (Å²) >= 11 is 7.54. The maximum absolute atomic E-state index is 10.7. The molecule has 0 aliphatic heterocycles. The van der Waals surface area contributed by atoms with Gasteiger partial charge in [0.1, 0.15) is 0 Å². The van der Waals surface area contributed by atoms with Gasteiger partial charge in [-0.2, -0.15) is 0 Å². The van der Waals surface area contributed by atoms with Crippen LogP contribution in [0.2, 0.25) is 5.02 Å². The van der Waals surface area contributed by atoms with E-state index in [2.05, 4.69) is 0 Å². The van der Waals surface area contributed by atoms with Gasteiger partial charge in [0.2, 0.25) is 0 Å². The molecule has 0 unspecified atom stereocenters. The second-order valence-corrected chi connectivity index (χ2v) is 4.22. The fourth-order valence-electron chi connectivity index (χ4n) is 1.34. The number of rotatable bonds is 1. The number of benzene rings is 1. The molecule has 0 fully saturated rings. The average Bonchev–Trinajstić information content (AvgIpc) is 2.47. The highest BCUT2D eigenvalue weighted by Gasteiger charge is 2.06. The Morgan fingerprint density at radius 2 is 2.23 bits per heavy atom. The van der Waals surface area contributed by atoms with Crippen LogP contribution in [0.15, 0.2) is 17.5 Å². The highest BCUT2D eigenvalue weighted by Crippen LogP contribution is 2.32. The van der Waals surface area contributed by atoms with Gasteiger partial charge in [0.25, 0.3) is 0 Å². The van der Waals surface area contributed by atoms with Gasteiger partial charge in [-0.1, -0.05) is 11.6 Å². The van der Waals surface area contributed by atoms with Crippen molar-refractivity contribution in [2.75, 3.05) is 0 Å². The molecule has 0 atom stereocenters. The van der Waals surface area contributed by atoms with Gasteiger partial charge in [-0.15, -0.1) is 11.3 Å². The summed E-state index contributed by atoms with van der Waals surface area (Å²) < 4.78 is 0.995. The molecule has 0 aliphatic rings. The lowest BCUT2D eigenvalue weighted by Crippen LogP contribution is -1.77. The molecule has 1 aromatic carbocycles. The summed E-state index contributed by atoms with van der Waals surface area (Å²) in [5.74, 6) is 0. The van der Waals surface area contributed by atoms with Gasteiger partial charge in [-0.05, 0) is 24.6 Å². The summed E-state index contributed by atoms with van der Waals surface area (Å²) in [6.45, 7) is 1.97. The van der Waals surface area contributed by atoms with E-state index < -0.39 is 0 Å². The molecule has 0 bridgehead atoms. The van der Waals surface area contributed by atoms with Crippen molar-refractivity contribution in [1.29, 1.82) is 0 Å². The van der Waals surface area contributed by atoms with Crippen LogP contribution >= 0.6 is 22.9 Å². The van der Waals surface area contributed by atoms with E-state index in [0.717, 1.165) is 32.5 Å². The van der Waals surface area contributed by atoms with Crippen LogP contribution < -0.4 is 0 Å². The molecule has 1 aromatic heterocycles. The molecule has 66 valence electrons. The number of thiophene rings is 1. The smallest absolute Gasteiger partial charge is 0.151 e. The zero-order valence-electron chi connectivity index (χ0n) is 7.00. The van der Waals surface area contributed by atoms with Crippen LogP contribution in [0.25, 0.3) is 10.1 Å². The Morgan fingerprint density at radius 3 is 2.92 bits per heavy atom. The predicted octanol–water partition coefficient (Wildman–Crippen LogP) is 3.68. The van der Waals surface area contributed by atoms with E-state index in [0.29, 0.717) is 0 Å². The molecule has 0 saturated heterocycles. The molecule has 13 heavy (non-hydrogen) atoms. The first-order valence-electron chi connectivity index (χ1n) is 3.85. The molecule has 3 heteroatoms. The van der Waals surface area contributed by atoms with E-state index in [9.17, 15) is 4.79 Å². The number of carbonyl (C=O) groups excluding carboxylic acids is 1. The molecule has 0 aliphatic carbocycles. The summed E-state index contributed by atoms with van der Waals surface area (Å²) in [5, 5.41) is 3.53. The lowest BCUT2D eigenvalue weighted by molar-refractivity contribution is 0.112. The highest BCUT2D eigenvalue weighted by molar-refractivity contribution is 7.18. The van der Waals surface area contributed by atoms with E-state index in [1.807, 2.05) is 24.4 Å². The second kappa shape index (κ2) is 3.13. The maximum Gasteiger partial charge on any atom is 0.151 e. The summed E-state index contributed by atoms with van der Waals surface area (Å²) in [4.78, 5) is 10.7. The summed E-state index contributed by atoms with van der Waals surface area (Å²) in [6.07, 6.45) is 0.870. The first kappa shape index (κ1) is 8.73.